The Bertz CT molecular complexity index is 1100. The van der Waals surface area contributed by atoms with Crippen LogP contribution in [-0.2, 0) is 12.4 Å². The van der Waals surface area contributed by atoms with E-state index in [9.17, 15) is 26.3 Å². The number of aromatic nitrogens is 1. The van der Waals surface area contributed by atoms with Crippen molar-refractivity contribution in [3.8, 4) is 0 Å². The van der Waals surface area contributed by atoms with Gasteiger partial charge in [0.05, 0.1) is 16.6 Å². The van der Waals surface area contributed by atoms with E-state index in [0.29, 0.717) is 30.7 Å². The smallest absolute Gasteiger partial charge is 0.382 e. The van der Waals surface area contributed by atoms with Gasteiger partial charge < -0.3 is 10.6 Å². The molecule has 0 atom stereocenters. The van der Waals surface area contributed by atoms with Crippen molar-refractivity contribution in [3.05, 3.63) is 64.8 Å². The van der Waals surface area contributed by atoms with Crippen LogP contribution in [0.3, 0.4) is 0 Å². The number of hydrogen-bond acceptors (Lipinski definition) is 3. The quantitative estimate of drug-likeness (QED) is 0.369. The molecule has 0 saturated heterocycles. The van der Waals surface area contributed by atoms with Gasteiger partial charge in [-0.25, -0.2) is 0 Å². The minimum absolute atomic E-state index is 0.122. The zero-order valence-electron chi connectivity index (χ0n) is 17.2. The van der Waals surface area contributed by atoms with Crippen LogP contribution in [0.1, 0.15) is 36.8 Å². The number of alkyl halides is 6. The van der Waals surface area contributed by atoms with E-state index in [-0.39, 0.29) is 23.8 Å². The average Bonchev–Trinajstić information content (AvgIpc) is 2.73. The van der Waals surface area contributed by atoms with Gasteiger partial charge in [0, 0.05) is 40.1 Å². The molecular weight excluding hydrogens is 468 g/mol. The first kappa shape index (κ1) is 23.5. The molecule has 2 N–H and O–H groups in total. The molecule has 0 amide bonds. The zero-order chi connectivity index (χ0) is 23.8. The zero-order valence-corrected chi connectivity index (χ0v) is 18.0. The van der Waals surface area contributed by atoms with Crippen LogP contribution in [0, 0.1) is 0 Å². The van der Waals surface area contributed by atoms with E-state index >= 15 is 0 Å². The van der Waals surface area contributed by atoms with Gasteiger partial charge in [-0.1, -0.05) is 11.6 Å². The van der Waals surface area contributed by atoms with E-state index in [1.54, 1.807) is 18.3 Å². The predicted octanol–water partition coefficient (Wildman–Crippen LogP) is 7.76. The van der Waals surface area contributed by atoms with E-state index in [4.69, 9.17) is 11.6 Å². The Morgan fingerprint density at radius 1 is 0.758 bits per heavy atom. The first-order valence-electron chi connectivity index (χ1n) is 10.4. The number of pyridine rings is 1. The predicted molar refractivity (Wildman–Crippen MR) is 116 cm³/mol. The summed E-state index contributed by atoms with van der Waals surface area (Å²) in [6.45, 7) is 0. The number of benzene rings is 2. The second-order valence-electron chi connectivity index (χ2n) is 8.15. The first-order valence-corrected chi connectivity index (χ1v) is 10.7. The number of nitrogens with zero attached hydrogens (tertiary/aromatic N) is 1. The molecule has 4 rings (SSSR count). The van der Waals surface area contributed by atoms with Gasteiger partial charge in [0.2, 0.25) is 0 Å². The van der Waals surface area contributed by atoms with E-state index in [1.165, 1.54) is 0 Å². The molecule has 1 aromatic heterocycles. The summed E-state index contributed by atoms with van der Waals surface area (Å²) in [4.78, 5) is 4.31. The summed E-state index contributed by atoms with van der Waals surface area (Å²) >= 11 is 6.02. The number of anilines is 2. The van der Waals surface area contributed by atoms with Crippen LogP contribution in [0.2, 0.25) is 5.02 Å². The molecule has 3 nitrogen and oxygen atoms in total. The Labute approximate surface area is 191 Å². The molecule has 2 aromatic carbocycles. The van der Waals surface area contributed by atoms with Crippen molar-refractivity contribution < 1.29 is 26.3 Å². The molecule has 1 saturated carbocycles. The molecule has 33 heavy (non-hydrogen) atoms. The number of hydrogen-bond donors (Lipinski definition) is 2. The lowest BCUT2D eigenvalue weighted by atomic mass is 9.90. The van der Waals surface area contributed by atoms with Crippen molar-refractivity contribution in [2.45, 2.75) is 50.1 Å². The molecule has 0 radical (unpaired) electrons. The average molecular weight is 488 g/mol. The van der Waals surface area contributed by atoms with Crippen LogP contribution < -0.4 is 10.6 Å². The topological polar surface area (TPSA) is 37.0 Å². The minimum atomic E-state index is -4.86. The summed E-state index contributed by atoms with van der Waals surface area (Å²) in [5.74, 6) is 0. The lowest BCUT2D eigenvalue weighted by Gasteiger charge is -2.31. The Balaban J connectivity index is 1.43. The molecule has 3 aromatic rings. The van der Waals surface area contributed by atoms with Crippen LogP contribution >= 0.6 is 11.6 Å². The maximum Gasteiger partial charge on any atom is 0.416 e. The van der Waals surface area contributed by atoms with Gasteiger partial charge >= 0.3 is 12.4 Å². The van der Waals surface area contributed by atoms with E-state index in [2.05, 4.69) is 15.6 Å². The molecule has 1 fully saturated rings. The highest BCUT2D eigenvalue weighted by molar-refractivity contribution is 6.31. The fraction of sp³-hybridized carbons (Fsp3) is 0.348. The number of fused-ring (bicyclic) bond motifs is 1. The largest absolute Gasteiger partial charge is 0.416 e. The third-order valence-electron chi connectivity index (χ3n) is 5.75. The summed E-state index contributed by atoms with van der Waals surface area (Å²) in [5.41, 5.74) is -1.15. The molecule has 0 unspecified atom stereocenters. The summed E-state index contributed by atoms with van der Waals surface area (Å²) < 4.78 is 78.5. The Morgan fingerprint density at radius 3 is 1.91 bits per heavy atom. The number of halogens is 7. The lowest BCUT2D eigenvalue weighted by Crippen LogP contribution is -2.32. The van der Waals surface area contributed by atoms with Crippen LogP contribution in [-0.4, -0.2) is 17.1 Å². The number of rotatable bonds is 4. The van der Waals surface area contributed by atoms with E-state index in [1.807, 2.05) is 12.1 Å². The minimum Gasteiger partial charge on any atom is -0.382 e. The first-order chi connectivity index (χ1) is 15.5. The van der Waals surface area contributed by atoms with Crippen LogP contribution in [0.5, 0.6) is 0 Å². The standard InChI is InChI=1S/C23H20ClF6N3/c24-15-1-6-19-20(7-8-31-21(19)12-15)33-17-4-2-16(3-5-17)32-18-10-13(22(25,26)27)9-14(11-18)23(28,29)30/h1,6-12,16-17,32H,2-5H2,(H,31,33)/t16-,17+. The van der Waals surface area contributed by atoms with Gasteiger partial charge in [-0.3, -0.25) is 4.98 Å². The number of nitrogens with one attached hydrogen (secondary N) is 2. The SMILES string of the molecule is FC(F)(F)c1cc(N[C@H]2CC[C@@H](Nc3ccnc4cc(Cl)ccc34)CC2)cc(C(F)(F)F)c1. The van der Waals surface area contributed by atoms with Crippen molar-refractivity contribution in [1.82, 2.24) is 4.98 Å². The highest BCUT2D eigenvalue weighted by atomic mass is 35.5. The third kappa shape index (κ3) is 5.63. The molecule has 1 heterocycles. The summed E-state index contributed by atoms with van der Waals surface area (Å²) in [5, 5.41) is 7.86. The third-order valence-corrected chi connectivity index (χ3v) is 5.99. The fourth-order valence-electron chi connectivity index (χ4n) is 4.12. The second kappa shape index (κ2) is 8.93. The molecular formula is C23H20ClF6N3. The van der Waals surface area contributed by atoms with Crippen LogP contribution in [0.25, 0.3) is 10.9 Å². The highest BCUT2D eigenvalue weighted by Gasteiger charge is 2.37. The summed E-state index contributed by atoms with van der Waals surface area (Å²) in [7, 11) is 0. The normalized spacial score (nSPS) is 19.5. The highest BCUT2D eigenvalue weighted by Crippen LogP contribution is 2.38. The van der Waals surface area contributed by atoms with Gasteiger partial charge in [-0.2, -0.15) is 26.3 Å². The van der Waals surface area contributed by atoms with Crippen LogP contribution in [0.4, 0.5) is 37.7 Å². The Kier molecular flexibility index (Phi) is 6.35. The van der Waals surface area contributed by atoms with Crippen molar-refractivity contribution in [3.63, 3.8) is 0 Å². The van der Waals surface area contributed by atoms with Crippen molar-refractivity contribution in [2.24, 2.45) is 0 Å². The van der Waals surface area contributed by atoms with Gasteiger partial charge in [0.1, 0.15) is 0 Å². The van der Waals surface area contributed by atoms with Crippen molar-refractivity contribution >= 4 is 33.9 Å². The van der Waals surface area contributed by atoms with Crippen molar-refractivity contribution in [2.75, 3.05) is 10.6 Å². The molecule has 0 spiro atoms. The summed E-state index contributed by atoms with van der Waals surface area (Å²) in [6, 6.07) is 8.79. The monoisotopic (exact) mass is 487 g/mol. The molecule has 10 heteroatoms. The van der Waals surface area contributed by atoms with Gasteiger partial charge in [0.15, 0.2) is 0 Å². The van der Waals surface area contributed by atoms with E-state index in [0.717, 1.165) is 28.7 Å². The van der Waals surface area contributed by atoms with Gasteiger partial charge in [0.25, 0.3) is 0 Å². The molecule has 176 valence electrons. The lowest BCUT2D eigenvalue weighted by molar-refractivity contribution is -0.143. The summed E-state index contributed by atoms with van der Waals surface area (Å²) in [6.07, 6.45) is -5.43. The van der Waals surface area contributed by atoms with Gasteiger partial charge in [-0.15, -0.1) is 0 Å². The molecule has 1 aliphatic rings. The van der Waals surface area contributed by atoms with Crippen LogP contribution in [0.15, 0.2) is 48.7 Å². The second-order valence-corrected chi connectivity index (χ2v) is 8.59. The Hall–Kier alpha value is -2.68. The molecule has 0 bridgehead atoms. The Morgan fingerprint density at radius 2 is 1.33 bits per heavy atom. The van der Waals surface area contributed by atoms with Crippen molar-refractivity contribution in [1.29, 1.82) is 0 Å². The molecule has 1 aliphatic carbocycles. The maximum atomic E-state index is 13.1. The van der Waals surface area contributed by atoms with E-state index < -0.39 is 23.5 Å². The fourth-order valence-corrected chi connectivity index (χ4v) is 4.29. The molecule has 0 aliphatic heterocycles. The van der Waals surface area contributed by atoms with Gasteiger partial charge in [-0.05, 0) is 68.1 Å². The maximum absolute atomic E-state index is 13.1.